The Morgan fingerprint density at radius 1 is 1.09 bits per heavy atom. The van der Waals surface area contributed by atoms with E-state index in [1.165, 1.54) is 6.42 Å². The fourth-order valence-electron chi connectivity index (χ4n) is 3.11. The van der Waals surface area contributed by atoms with Gasteiger partial charge in [-0.15, -0.1) is 0 Å². The van der Waals surface area contributed by atoms with Gasteiger partial charge in [-0.1, -0.05) is 52.2 Å². The molecule has 0 aromatic carbocycles. The van der Waals surface area contributed by atoms with Crippen LogP contribution in [0.1, 0.15) is 72.1 Å². The lowest BCUT2D eigenvalue weighted by atomic mass is 9.83. The quantitative estimate of drug-likeness (QED) is 0.363. The summed E-state index contributed by atoms with van der Waals surface area (Å²) in [6, 6.07) is 0. The Balaban J connectivity index is 2.51. The van der Waals surface area contributed by atoms with Crippen molar-refractivity contribution in [3.8, 4) is 0 Å². The van der Waals surface area contributed by atoms with Crippen LogP contribution in [0.15, 0.2) is 12.2 Å². The molecule has 0 aromatic heterocycles. The lowest BCUT2D eigenvalue weighted by Gasteiger charge is -2.26. The third kappa shape index (κ3) is 7.19. The molecule has 0 radical (unpaired) electrons. The van der Waals surface area contributed by atoms with Crippen LogP contribution in [-0.4, -0.2) is 23.1 Å². The van der Waals surface area contributed by atoms with E-state index in [2.05, 4.69) is 20.8 Å². The third-order valence-corrected chi connectivity index (χ3v) is 4.50. The number of hydrogen-bond donors (Lipinski definition) is 1. The lowest BCUT2D eigenvalue weighted by molar-refractivity contribution is -0.162. The fourth-order valence-corrected chi connectivity index (χ4v) is 3.11. The molecule has 0 saturated carbocycles. The van der Waals surface area contributed by atoms with Crippen molar-refractivity contribution in [3.63, 3.8) is 0 Å². The van der Waals surface area contributed by atoms with Gasteiger partial charge in [0.15, 0.2) is 0 Å². The number of carbonyl (C=O) groups is 2. The summed E-state index contributed by atoms with van der Waals surface area (Å²) in [6.45, 7) is 6.51. The second kappa shape index (κ2) is 10.5. The minimum Gasteiger partial charge on any atom is -0.481 e. The van der Waals surface area contributed by atoms with E-state index >= 15 is 0 Å². The van der Waals surface area contributed by atoms with Crippen LogP contribution in [0.25, 0.3) is 0 Å². The maximum absolute atomic E-state index is 12.4. The number of aliphatic carboxylic acids is 1. The molecule has 0 aromatic rings. The Morgan fingerprint density at radius 2 is 1.70 bits per heavy atom. The summed E-state index contributed by atoms with van der Waals surface area (Å²) in [5.74, 6) is -1.71. The van der Waals surface area contributed by atoms with Crippen LogP contribution in [0, 0.1) is 17.8 Å². The van der Waals surface area contributed by atoms with Crippen molar-refractivity contribution in [1.82, 2.24) is 0 Å². The van der Waals surface area contributed by atoms with E-state index in [9.17, 15) is 14.7 Å². The molecule has 1 N–H and O–H groups in total. The summed E-state index contributed by atoms with van der Waals surface area (Å²) in [5, 5.41) is 9.28. The molecule has 0 heterocycles. The van der Waals surface area contributed by atoms with Crippen molar-refractivity contribution < 1.29 is 19.4 Å². The molecular formula is C19H32O4. The molecule has 0 amide bonds. The summed E-state index contributed by atoms with van der Waals surface area (Å²) in [5.41, 5.74) is 0. The van der Waals surface area contributed by atoms with Gasteiger partial charge >= 0.3 is 11.9 Å². The number of unbranched alkanes of at least 4 members (excludes halogenated alkanes) is 1. The molecule has 3 unspecified atom stereocenters. The van der Waals surface area contributed by atoms with Crippen LogP contribution in [0.3, 0.4) is 0 Å². The van der Waals surface area contributed by atoms with Crippen molar-refractivity contribution in [2.45, 2.75) is 78.2 Å². The zero-order valence-corrected chi connectivity index (χ0v) is 14.8. The minimum atomic E-state index is -0.903. The average molecular weight is 324 g/mol. The van der Waals surface area contributed by atoms with E-state index in [-0.39, 0.29) is 12.1 Å². The first-order valence-corrected chi connectivity index (χ1v) is 9.04. The Bertz CT molecular complexity index is 400. The van der Waals surface area contributed by atoms with Gasteiger partial charge in [-0.3, -0.25) is 9.59 Å². The van der Waals surface area contributed by atoms with Crippen molar-refractivity contribution in [2.24, 2.45) is 17.8 Å². The number of rotatable bonds is 10. The molecule has 23 heavy (non-hydrogen) atoms. The highest BCUT2D eigenvalue weighted by atomic mass is 16.5. The predicted molar refractivity (Wildman–Crippen MR) is 91.1 cm³/mol. The average Bonchev–Trinajstić information content (AvgIpc) is 2.51. The highest BCUT2D eigenvalue weighted by Crippen LogP contribution is 2.28. The number of carbonyl (C=O) groups excluding carboxylic acids is 1. The molecule has 0 aliphatic heterocycles. The highest BCUT2D eigenvalue weighted by molar-refractivity contribution is 5.81. The van der Waals surface area contributed by atoms with Crippen molar-refractivity contribution in [2.75, 3.05) is 0 Å². The molecule has 1 rings (SSSR count). The normalized spacial score (nSPS) is 22.1. The third-order valence-electron chi connectivity index (χ3n) is 4.50. The van der Waals surface area contributed by atoms with Gasteiger partial charge in [-0.2, -0.15) is 0 Å². The molecule has 1 aliphatic rings. The van der Waals surface area contributed by atoms with E-state index in [1.807, 2.05) is 12.2 Å². The van der Waals surface area contributed by atoms with Crippen LogP contribution >= 0.6 is 0 Å². The first kappa shape index (κ1) is 19.7. The molecule has 3 atom stereocenters. The molecule has 4 nitrogen and oxygen atoms in total. The maximum atomic E-state index is 12.4. The number of ether oxygens (including phenoxy) is 1. The summed E-state index contributed by atoms with van der Waals surface area (Å²) < 4.78 is 5.68. The zero-order chi connectivity index (χ0) is 17.2. The maximum Gasteiger partial charge on any atom is 0.310 e. The Labute approximate surface area is 140 Å². The Kier molecular flexibility index (Phi) is 8.97. The molecule has 0 fully saturated rings. The molecule has 0 saturated heterocycles. The van der Waals surface area contributed by atoms with Gasteiger partial charge in [0, 0.05) is 0 Å². The van der Waals surface area contributed by atoms with E-state index in [1.54, 1.807) is 0 Å². The highest BCUT2D eigenvalue weighted by Gasteiger charge is 2.35. The monoisotopic (exact) mass is 324 g/mol. The molecule has 4 heteroatoms. The van der Waals surface area contributed by atoms with Gasteiger partial charge in [0.2, 0.25) is 0 Å². The molecule has 132 valence electrons. The second-order valence-electron chi connectivity index (χ2n) is 7.02. The molecule has 0 bridgehead atoms. The van der Waals surface area contributed by atoms with Gasteiger partial charge in [0.25, 0.3) is 0 Å². The topological polar surface area (TPSA) is 63.6 Å². The smallest absolute Gasteiger partial charge is 0.310 e. The number of allylic oxidation sites excluding steroid dienone is 2. The summed E-state index contributed by atoms with van der Waals surface area (Å²) in [7, 11) is 0. The first-order chi connectivity index (χ1) is 11.0. The molecular weight excluding hydrogens is 292 g/mol. The van der Waals surface area contributed by atoms with Gasteiger partial charge < -0.3 is 9.84 Å². The van der Waals surface area contributed by atoms with Crippen molar-refractivity contribution >= 4 is 11.9 Å². The van der Waals surface area contributed by atoms with Gasteiger partial charge in [0.1, 0.15) is 6.10 Å². The number of carboxylic acids is 1. The van der Waals surface area contributed by atoms with Crippen LogP contribution in [-0.2, 0) is 14.3 Å². The zero-order valence-electron chi connectivity index (χ0n) is 14.8. The number of hydrogen-bond acceptors (Lipinski definition) is 3. The molecule has 1 aliphatic carbocycles. The number of esters is 1. The summed E-state index contributed by atoms with van der Waals surface area (Å²) in [4.78, 5) is 23.7. The van der Waals surface area contributed by atoms with Gasteiger partial charge in [-0.05, 0) is 38.0 Å². The van der Waals surface area contributed by atoms with Crippen LogP contribution in [0.5, 0.6) is 0 Å². The number of carboxylic acid groups (broad SMARTS) is 1. The minimum absolute atomic E-state index is 0.0694. The second-order valence-corrected chi connectivity index (χ2v) is 7.02. The molecule has 0 spiro atoms. The van der Waals surface area contributed by atoms with Gasteiger partial charge in [0.05, 0.1) is 11.8 Å². The van der Waals surface area contributed by atoms with Crippen LogP contribution < -0.4 is 0 Å². The Morgan fingerprint density at radius 3 is 2.26 bits per heavy atom. The largest absolute Gasteiger partial charge is 0.481 e. The fraction of sp³-hybridized carbons (Fsp3) is 0.789. The standard InChI is InChI=1S/C19H32O4/c1-4-9-15(11-6-5-10-14(2)3)23-19(22)17-13-8-7-12-16(17)18(20)21/h7-8,14-17H,4-6,9-13H2,1-3H3,(H,20,21). The lowest BCUT2D eigenvalue weighted by Crippen LogP contribution is -2.34. The summed E-state index contributed by atoms with van der Waals surface area (Å²) in [6.07, 6.45) is 10.7. The predicted octanol–water partition coefficient (Wildman–Crippen LogP) is 4.58. The van der Waals surface area contributed by atoms with Crippen LogP contribution in [0.2, 0.25) is 0 Å². The SMILES string of the molecule is CCCC(CCCCC(C)C)OC(=O)C1CC=CCC1C(=O)O. The van der Waals surface area contributed by atoms with Gasteiger partial charge in [-0.25, -0.2) is 0 Å². The first-order valence-electron chi connectivity index (χ1n) is 9.04. The Hall–Kier alpha value is -1.32. The van der Waals surface area contributed by atoms with Crippen LogP contribution in [0.4, 0.5) is 0 Å². The van der Waals surface area contributed by atoms with E-state index < -0.39 is 17.8 Å². The summed E-state index contributed by atoms with van der Waals surface area (Å²) >= 11 is 0. The van der Waals surface area contributed by atoms with Crippen molar-refractivity contribution in [3.05, 3.63) is 12.2 Å². The van der Waals surface area contributed by atoms with E-state index in [0.717, 1.165) is 32.1 Å². The van der Waals surface area contributed by atoms with E-state index in [4.69, 9.17) is 4.74 Å². The van der Waals surface area contributed by atoms with Crippen molar-refractivity contribution in [1.29, 1.82) is 0 Å². The van der Waals surface area contributed by atoms with E-state index in [0.29, 0.717) is 18.8 Å².